The highest BCUT2D eigenvalue weighted by molar-refractivity contribution is 5.77. The van der Waals surface area contributed by atoms with Gasteiger partial charge >= 0.3 is 6.18 Å². The van der Waals surface area contributed by atoms with Crippen LogP contribution in [0.3, 0.4) is 0 Å². The van der Waals surface area contributed by atoms with Crippen LogP contribution in [0.15, 0.2) is 47.1 Å². The highest BCUT2D eigenvalue weighted by Gasteiger charge is 2.34. The highest BCUT2D eigenvalue weighted by atomic mass is 19.4. The quantitative estimate of drug-likeness (QED) is 0.768. The van der Waals surface area contributed by atoms with Gasteiger partial charge in [-0.25, -0.2) is 0 Å². The number of ether oxygens (including phenoxy) is 1. The molecule has 0 bridgehead atoms. The molecule has 1 N–H and O–H groups in total. The number of furan rings is 1. The smallest absolute Gasteiger partial charge is 0.419 e. The van der Waals surface area contributed by atoms with Gasteiger partial charge < -0.3 is 14.5 Å². The van der Waals surface area contributed by atoms with Crippen LogP contribution in [-0.2, 0) is 11.0 Å². The lowest BCUT2D eigenvalue weighted by atomic mass is 10.1. The number of nitrogens with one attached hydrogen (secondary N) is 1. The third-order valence-corrected chi connectivity index (χ3v) is 4.75. The number of benzene rings is 1. The van der Waals surface area contributed by atoms with Crippen LogP contribution in [0.5, 0.6) is 5.75 Å². The van der Waals surface area contributed by atoms with E-state index in [0.717, 1.165) is 37.8 Å². The maximum atomic E-state index is 13.0. The standard InChI is InChI=1S/C20H23F3N2O3/c21-20(22,23)15-7-2-3-8-17(15)28-14-19(26)24-13-16(18-9-6-12-27-18)25-10-4-1-5-11-25/h2-3,6-9,12,16H,1,4-5,10-11,13-14H2,(H,24,26). The Hall–Kier alpha value is -2.48. The molecule has 5 nitrogen and oxygen atoms in total. The predicted octanol–water partition coefficient (Wildman–Crippen LogP) is 4.02. The first-order valence-corrected chi connectivity index (χ1v) is 9.28. The molecule has 1 unspecified atom stereocenters. The van der Waals surface area contributed by atoms with E-state index in [0.29, 0.717) is 6.54 Å². The molecule has 28 heavy (non-hydrogen) atoms. The Bertz CT molecular complexity index is 756. The van der Waals surface area contributed by atoms with E-state index in [1.54, 1.807) is 12.3 Å². The summed E-state index contributed by atoms with van der Waals surface area (Å²) >= 11 is 0. The average Bonchev–Trinajstić information content (AvgIpc) is 3.21. The average molecular weight is 396 g/mol. The van der Waals surface area contributed by atoms with Crippen molar-refractivity contribution in [3.63, 3.8) is 0 Å². The number of carbonyl (C=O) groups excluding carboxylic acids is 1. The van der Waals surface area contributed by atoms with Gasteiger partial charge in [-0.1, -0.05) is 18.6 Å². The third-order valence-electron chi connectivity index (χ3n) is 4.75. The number of nitrogens with zero attached hydrogens (tertiary/aromatic N) is 1. The molecule has 1 amide bonds. The van der Waals surface area contributed by atoms with E-state index in [1.807, 2.05) is 6.07 Å². The van der Waals surface area contributed by atoms with Gasteiger partial charge in [0.05, 0.1) is 17.9 Å². The van der Waals surface area contributed by atoms with Crippen molar-refractivity contribution in [2.75, 3.05) is 26.2 Å². The first-order valence-electron chi connectivity index (χ1n) is 9.28. The van der Waals surface area contributed by atoms with Crippen molar-refractivity contribution in [3.8, 4) is 5.75 Å². The number of likely N-dealkylation sites (tertiary alicyclic amines) is 1. The van der Waals surface area contributed by atoms with Crippen LogP contribution in [0.4, 0.5) is 13.2 Å². The zero-order valence-corrected chi connectivity index (χ0v) is 15.4. The van der Waals surface area contributed by atoms with E-state index < -0.39 is 24.3 Å². The fraction of sp³-hybridized carbons (Fsp3) is 0.450. The zero-order chi connectivity index (χ0) is 20.0. The Morgan fingerprint density at radius 1 is 1.14 bits per heavy atom. The van der Waals surface area contributed by atoms with Crippen molar-refractivity contribution in [1.29, 1.82) is 0 Å². The number of alkyl halides is 3. The highest BCUT2D eigenvalue weighted by Crippen LogP contribution is 2.35. The normalized spacial score (nSPS) is 16.5. The number of carbonyl (C=O) groups is 1. The molecule has 1 atom stereocenters. The third kappa shape index (κ3) is 5.28. The van der Waals surface area contributed by atoms with Crippen molar-refractivity contribution >= 4 is 5.91 Å². The SMILES string of the molecule is O=C(COc1ccccc1C(F)(F)F)NCC(c1ccco1)N1CCCCC1. The predicted molar refractivity (Wildman–Crippen MR) is 96.8 cm³/mol. The topological polar surface area (TPSA) is 54.7 Å². The van der Waals surface area contributed by atoms with Gasteiger partial charge in [0.2, 0.25) is 0 Å². The lowest BCUT2D eigenvalue weighted by molar-refractivity contribution is -0.139. The van der Waals surface area contributed by atoms with E-state index in [-0.39, 0.29) is 11.8 Å². The van der Waals surface area contributed by atoms with Gasteiger partial charge in [-0.15, -0.1) is 0 Å². The van der Waals surface area contributed by atoms with Crippen LogP contribution >= 0.6 is 0 Å². The van der Waals surface area contributed by atoms with Crippen LogP contribution in [0.2, 0.25) is 0 Å². The summed E-state index contributed by atoms with van der Waals surface area (Å²) in [5.74, 6) is -0.0835. The van der Waals surface area contributed by atoms with Crippen molar-refractivity contribution in [2.24, 2.45) is 0 Å². The Labute approximate surface area is 161 Å². The van der Waals surface area contributed by atoms with Gasteiger partial charge in [0.1, 0.15) is 11.5 Å². The van der Waals surface area contributed by atoms with Crippen LogP contribution in [-0.4, -0.2) is 37.0 Å². The summed E-state index contributed by atoms with van der Waals surface area (Å²) in [5, 5.41) is 2.75. The van der Waals surface area contributed by atoms with E-state index >= 15 is 0 Å². The summed E-state index contributed by atoms with van der Waals surface area (Å²) in [5.41, 5.74) is -0.899. The summed E-state index contributed by atoms with van der Waals surface area (Å²) in [6.07, 6.45) is 0.405. The van der Waals surface area contributed by atoms with E-state index in [2.05, 4.69) is 10.2 Å². The molecule has 2 aromatic rings. The van der Waals surface area contributed by atoms with Crippen molar-refractivity contribution in [3.05, 3.63) is 54.0 Å². The van der Waals surface area contributed by atoms with Crippen LogP contribution in [0, 0.1) is 0 Å². The van der Waals surface area contributed by atoms with Gasteiger partial charge in [-0.3, -0.25) is 9.69 Å². The van der Waals surface area contributed by atoms with Crippen molar-refractivity contribution in [1.82, 2.24) is 10.2 Å². The van der Waals surface area contributed by atoms with E-state index in [4.69, 9.17) is 9.15 Å². The maximum absolute atomic E-state index is 13.0. The summed E-state index contributed by atoms with van der Waals surface area (Å²) in [6.45, 7) is 1.64. The molecular weight excluding hydrogens is 373 g/mol. The summed E-state index contributed by atoms with van der Waals surface area (Å²) in [7, 11) is 0. The second kappa shape index (κ2) is 9.14. The number of para-hydroxylation sites is 1. The minimum Gasteiger partial charge on any atom is -0.483 e. The number of hydrogen-bond donors (Lipinski definition) is 1. The molecule has 1 aliphatic rings. The minimum atomic E-state index is -4.54. The molecule has 1 fully saturated rings. The van der Waals surface area contributed by atoms with Crippen LogP contribution in [0.1, 0.15) is 36.6 Å². The molecule has 0 radical (unpaired) electrons. The fourth-order valence-electron chi connectivity index (χ4n) is 3.35. The lowest BCUT2D eigenvalue weighted by Crippen LogP contribution is -2.41. The number of piperidine rings is 1. The Morgan fingerprint density at radius 2 is 1.89 bits per heavy atom. The van der Waals surface area contributed by atoms with Crippen molar-refractivity contribution in [2.45, 2.75) is 31.5 Å². The maximum Gasteiger partial charge on any atom is 0.419 e. The second-order valence-corrected chi connectivity index (χ2v) is 6.71. The molecule has 1 aromatic heterocycles. The monoisotopic (exact) mass is 396 g/mol. The second-order valence-electron chi connectivity index (χ2n) is 6.71. The fourth-order valence-corrected chi connectivity index (χ4v) is 3.35. The van der Waals surface area contributed by atoms with Crippen LogP contribution < -0.4 is 10.1 Å². The first-order chi connectivity index (χ1) is 13.4. The molecular formula is C20H23F3N2O3. The van der Waals surface area contributed by atoms with E-state index in [9.17, 15) is 18.0 Å². The van der Waals surface area contributed by atoms with Gasteiger partial charge in [-0.2, -0.15) is 13.2 Å². The molecule has 1 aromatic carbocycles. The number of hydrogen-bond acceptors (Lipinski definition) is 4. The van der Waals surface area contributed by atoms with Gasteiger partial charge in [-0.05, 0) is 50.2 Å². The number of halogens is 3. The summed E-state index contributed by atoms with van der Waals surface area (Å²) in [6, 6.07) is 8.40. The first kappa shape index (κ1) is 20.3. The molecule has 2 heterocycles. The van der Waals surface area contributed by atoms with Gasteiger partial charge in [0.15, 0.2) is 6.61 Å². The van der Waals surface area contributed by atoms with Gasteiger partial charge in [0.25, 0.3) is 5.91 Å². The molecule has 0 saturated carbocycles. The van der Waals surface area contributed by atoms with E-state index in [1.165, 1.54) is 24.6 Å². The molecule has 0 spiro atoms. The van der Waals surface area contributed by atoms with Gasteiger partial charge in [0, 0.05) is 6.54 Å². The molecule has 152 valence electrons. The summed E-state index contributed by atoms with van der Waals surface area (Å²) in [4.78, 5) is 14.4. The lowest BCUT2D eigenvalue weighted by Gasteiger charge is -2.33. The molecule has 3 rings (SSSR count). The molecule has 1 saturated heterocycles. The minimum absolute atomic E-state index is 0.110. The van der Waals surface area contributed by atoms with Crippen LogP contribution in [0.25, 0.3) is 0 Å². The molecule has 1 aliphatic heterocycles. The Balaban J connectivity index is 1.57. The Morgan fingerprint density at radius 3 is 2.57 bits per heavy atom. The Kier molecular flexibility index (Phi) is 6.61. The molecule has 8 heteroatoms. The number of amides is 1. The largest absolute Gasteiger partial charge is 0.483 e. The summed E-state index contributed by atoms with van der Waals surface area (Å²) < 4.78 is 49.6. The van der Waals surface area contributed by atoms with Crippen molar-refractivity contribution < 1.29 is 27.1 Å². The number of rotatable bonds is 7. The zero-order valence-electron chi connectivity index (χ0n) is 15.4. The molecule has 0 aliphatic carbocycles.